The largest absolute Gasteiger partial charge is 0.504 e. The third-order valence-electron chi connectivity index (χ3n) is 4.54. The van der Waals surface area contributed by atoms with Gasteiger partial charge in [-0.15, -0.1) is 0 Å². The van der Waals surface area contributed by atoms with Gasteiger partial charge in [-0.3, -0.25) is 0 Å². The van der Waals surface area contributed by atoms with Crippen LogP contribution in [0.25, 0.3) is 0 Å². The number of phenolic OH excluding ortho intramolecular Hbond substituents is 1. The molecule has 5 heteroatoms. The Kier molecular flexibility index (Phi) is 11.7. The van der Waals surface area contributed by atoms with Crippen LogP contribution >= 0.6 is 22.6 Å². The van der Waals surface area contributed by atoms with Crippen LogP contribution in [0.15, 0.2) is 12.1 Å². The molecule has 0 aliphatic carbocycles. The van der Waals surface area contributed by atoms with Crippen LogP contribution in [0.4, 0.5) is 0 Å². The Morgan fingerprint density at radius 1 is 0.800 bits per heavy atom. The Balaban J connectivity index is 2.13. The van der Waals surface area contributed by atoms with Gasteiger partial charge >= 0.3 is 5.97 Å². The molecule has 0 unspecified atom stereocenters. The van der Waals surface area contributed by atoms with E-state index in [1.54, 1.807) is 6.07 Å². The molecule has 0 bridgehead atoms. The summed E-state index contributed by atoms with van der Waals surface area (Å²) in [5.74, 6) is -2.10. The lowest BCUT2D eigenvalue weighted by Crippen LogP contribution is -2.03. The molecule has 3 N–H and O–H groups in total. The number of phenols is 2. The van der Waals surface area contributed by atoms with Crippen LogP contribution in [0, 0.1) is 0 Å². The lowest BCUT2D eigenvalue weighted by molar-refractivity contribution is 0.0691. The predicted molar refractivity (Wildman–Crippen MR) is 110 cm³/mol. The summed E-state index contributed by atoms with van der Waals surface area (Å²) in [6.07, 6.45) is 14.4. The Morgan fingerprint density at radius 3 is 1.76 bits per heavy atom. The highest BCUT2D eigenvalue weighted by atomic mass is 127. The van der Waals surface area contributed by atoms with Crippen molar-refractivity contribution in [2.75, 3.05) is 4.43 Å². The van der Waals surface area contributed by atoms with Crippen LogP contribution in [0.2, 0.25) is 0 Å². The first-order valence-electron chi connectivity index (χ1n) is 9.41. The number of benzene rings is 1. The van der Waals surface area contributed by atoms with E-state index >= 15 is 0 Å². The third kappa shape index (κ3) is 8.79. The van der Waals surface area contributed by atoms with Gasteiger partial charge in [0.2, 0.25) is 0 Å². The molecule has 0 saturated heterocycles. The van der Waals surface area contributed by atoms with Gasteiger partial charge in [0, 0.05) is 0 Å². The number of carbonyl (C=O) groups is 1. The van der Waals surface area contributed by atoms with Gasteiger partial charge in [-0.1, -0.05) is 86.4 Å². The van der Waals surface area contributed by atoms with Gasteiger partial charge in [0.25, 0.3) is 0 Å². The number of aromatic hydroxyl groups is 2. The minimum absolute atomic E-state index is 0.164. The van der Waals surface area contributed by atoms with E-state index in [-0.39, 0.29) is 11.3 Å². The van der Waals surface area contributed by atoms with Crippen molar-refractivity contribution in [3.63, 3.8) is 0 Å². The maximum atomic E-state index is 11.2. The molecule has 1 aromatic carbocycles. The summed E-state index contributed by atoms with van der Waals surface area (Å²) in [5, 5.41) is 28.3. The second-order valence-corrected chi connectivity index (χ2v) is 7.68. The highest BCUT2D eigenvalue weighted by Crippen LogP contribution is 2.32. The van der Waals surface area contributed by atoms with Crippen LogP contribution in [-0.4, -0.2) is 25.7 Å². The van der Waals surface area contributed by atoms with E-state index in [9.17, 15) is 20.1 Å². The summed E-state index contributed by atoms with van der Waals surface area (Å²) in [5.41, 5.74) is 0.428. The van der Waals surface area contributed by atoms with Gasteiger partial charge in [0.1, 0.15) is 5.56 Å². The monoisotopic (exact) mass is 462 g/mol. The van der Waals surface area contributed by atoms with Gasteiger partial charge in [-0.05, 0) is 35.3 Å². The number of aryl methyl sites for hydroxylation is 1. The second kappa shape index (κ2) is 13.3. The smallest absolute Gasteiger partial charge is 0.339 e. The molecule has 0 aliphatic rings. The number of unbranched alkanes of at least 4 members (excludes halogenated alkanes) is 10. The number of halogens is 1. The van der Waals surface area contributed by atoms with Crippen molar-refractivity contribution in [2.24, 2.45) is 0 Å². The summed E-state index contributed by atoms with van der Waals surface area (Å²) in [6, 6.07) is 2.95. The molecular formula is C20H31IO4. The molecule has 0 aliphatic heterocycles. The molecule has 0 saturated carbocycles. The molecule has 0 fully saturated rings. The summed E-state index contributed by atoms with van der Waals surface area (Å²) in [7, 11) is 0. The fourth-order valence-corrected chi connectivity index (χ4v) is 3.61. The van der Waals surface area contributed by atoms with Crippen LogP contribution in [0.5, 0.6) is 11.5 Å². The molecule has 1 aromatic rings. The topological polar surface area (TPSA) is 77.8 Å². The number of carboxylic acid groups (broad SMARTS) is 1. The molecule has 0 radical (unpaired) electrons. The molecule has 25 heavy (non-hydrogen) atoms. The zero-order valence-electron chi connectivity index (χ0n) is 15.0. The SMILES string of the molecule is O=C(O)c1c(CCCCCCCCCCCCCI)ccc(O)c1O. The van der Waals surface area contributed by atoms with Gasteiger partial charge in [0.15, 0.2) is 11.5 Å². The van der Waals surface area contributed by atoms with Crippen molar-refractivity contribution in [1.29, 1.82) is 0 Å². The Labute approximate surface area is 164 Å². The lowest BCUT2D eigenvalue weighted by atomic mass is 9.99. The first-order valence-corrected chi connectivity index (χ1v) is 10.9. The van der Waals surface area contributed by atoms with Crippen LogP contribution in [-0.2, 0) is 6.42 Å². The summed E-state index contributed by atoms with van der Waals surface area (Å²) < 4.78 is 1.27. The third-order valence-corrected chi connectivity index (χ3v) is 5.30. The second-order valence-electron chi connectivity index (χ2n) is 6.60. The minimum atomic E-state index is -1.19. The van der Waals surface area contributed by atoms with Crippen molar-refractivity contribution in [2.45, 2.75) is 77.0 Å². The Bertz CT molecular complexity index is 517. The van der Waals surface area contributed by atoms with Crippen LogP contribution in [0.3, 0.4) is 0 Å². The van der Waals surface area contributed by atoms with Gasteiger partial charge in [-0.2, -0.15) is 0 Å². The van der Waals surface area contributed by atoms with Crippen molar-refractivity contribution < 1.29 is 20.1 Å². The molecule has 0 spiro atoms. The van der Waals surface area contributed by atoms with Crippen molar-refractivity contribution in [3.8, 4) is 11.5 Å². The molecule has 142 valence electrons. The standard InChI is InChI=1S/C20H31IO4/c21-15-11-9-7-5-3-1-2-4-6-8-10-12-16-13-14-17(22)19(23)18(16)20(24)25/h13-14,22-23H,1-12,15H2,(H,24,25). The quantitative estimate of drug-likeness (QED) is 0.136. The normalized spacial score (nSPS) is 10.9. The van der Waals surface area contributed by atoms with E-state index in [1.807, 2.05) is 0 Å². The Morgan fingerprint density at radius 2 is 1.28 bits per heavy atom. The van der Waals surface area contributed by atoms with Gasteiger partial charge in [0.05, 0.1) is 0 Å². The first-order chi connectivity index (χ1) is 12.1. The molecule has 0 atom stereocenters. The number of hydrogen-bond donors (Lipinski definition) is 3. The number of aromatic carboxylic acids is 1. The molecular weight excluding hydrogens is 431 g/mol. The van der Waals surface area contributed by atoms with Crippen molar-refractivity contribution in [3.05, 3.63) is 23.3 Å². The molecule has 0 aromatic heterocycles. The highest BCUT2D eigenvalue weighted by Gasteiger charge is 2.18. The Hall–Kier alpha value is -0.980. The summed E-state index contributed by atoms with van der Waals surface area (Å²) in [4.78, 5) is 11.2. The molecule has 0 heterocycles. The maximum absolute atomic E-state index is 11.2. The van der Waals surface area contributed by atoms with E-state index in [4.69, 9.17) is 0 Å². The minimum Gasteiger partial charge on any atom is -0.504 e. The van der Waals surface area contributed by atoms with Crippen LogP contribution < -0.4 is 0 Å². The maximum Gasteiger partial charge on any atom is 0.339 e. The van der Waals surface area contributed by atoms with Crippen molar-refractivity contribution in [1.82, 2.24) is 0 Å². The van der Waals surface area contributed by atoms with E-state index in [0.717, 1.165) is 12.8 Å². The van der Waals surface area contributed by atoms with E-state index in [1.165, 1.54) is 68.3 Å². The zero-order chi connectivity index (χ0) is 18.5. The zero-order valence-corrected chi connectivity index (χ0v) is 17.1. The summed E-state index contributed by atoms with van der Waals surface area (Å²) >= 11 is 2.44. The predicted octanol–water partition coefficient (Wildman–Crippen LogP) is 6.06. The lowest BCUT2D eigenvalue weighted by Gasteiger charge is -2.09. The van der Waals surface area contributed by atoms with Crippen molar-refractivity contribution >= 4 is 28.6 Å². The van der Waals surface area contributed by atoms with Gasteiger partial charge in [-0.25, -0.2) is 4.79 Å². The average molecular weight is 462 g/mol. The van der Waals surface area contributed by atoms with E-state index in [2.05, 4.69) is 22.6 Å². The van der Waals surface area contributed by atoms with Gasteiger partial charge < -0.3 is 15.3 Å². The number of rotatable bonds is 14. The fraction of sp³-hybridized carbons (Fsp3) is 0.650. The average Bonchev–Trinajstić information content (AvgIpc) is 2.58. The first kappa shape index (κ1) is 22.1. The molecule has 0 amide bonds. The highest BCUT2D eigenvalue weighted by molar-refractivity contribution is 14.1. The summed E-state index contributed by atoms with van der Waals surface area (Å²) in [6.45, 7) is 0. The van der Waals surface area contributed by atoms with E-state index < -0.39 is 11.7 Å². The number of hydrogen-bond acceptors (Lipinski definition) is 3. The number of carboxylic acids is 1. The molecule has 4 nitrogen and oxygen atoms in total. The number of alkyl halides is 1. The molecule has 1 rings (SSSR count). The van der Waals surface area contributed by atoms with Crippen LogP contribution in [0.1, 0.15) is 86.6 Å². The van der Waals surface area contributed by atoms with E-state index in [0.29, 0.717) is 12.0 Å². The fourth-order valence-electron chi connectivity index (χ4n) is 3.07.